The lowest BCUT2D eigenvalue weighted by Gasteiger charge is -2.27. The molecule has 0 aromatic rings. The van der Waals surface area contributed by atoms with E-state index in [1.54, 1.807) is 11.9 Å². The summed E-state index contributed by atoms with van der Waals surface area (Å²) in [7, 11) is 1.75. The summed E-state index contributed by atoms with van der Waals surface area (Å²) in [5.74, 6) is 0.0461. The number of ether oxygens (including phenoxy) is 2. The molecule has 6 nitrogen and oxygen atoms in total. The summed E-state index contributed by atoms with van der Waals surface area (Å²) in [6, 6.07) is -0.170. The molecule has 1 heterocycles. The van der Waals surface area contributed by atoms with Crippen molar-refractivity contribution in [1.29, 1.82) is 0 Å². The zero-order valence-corrected chi connectivity index (χ0v) is 14.5. The standard InChI is InChI=1S/C16H30N2O4/c1-12(17-15(20)22-16(2,3)4)11-18(5)14(19)10-13-8-6-7-9-21-13/h12-13H,6-11H2,1-5H3,(H,17,20). The fraction of sp³-hybridized carbons (Fsp3) is 0.875. The highest BCUT2D eigenvalue weighted by molar-refractivity contribution is 5.76. The highest BCUT2D eigenvalue weighted by atomic mass is 16.6. The van der Waals surface area contributed by atoms with E-state index in [-0.39, 0.29) is 18.1 Å². The Labute approximate surface area is 133 Å². The Morgan fingerprint density at radius 2 is 2.05 bits per heavy atom. The van der Waals surface area contributed by atoms with Crippen LogP contribution in [0, 0.1) is 0 Å². The average Bonchev–Trinajstić information content (AvgIpc) is 2.36. The molecule has 0 spiro atoms. The van der Waals surface area contributed by atoms with Crippen molar-refractivity contribution in [3.8, 4) is 0 Å². The van der Waals surface area contributed by atoms with Gasteiger partial charge in [0, 0.05) is 26.2 Å². The van der Waals surface area contributed by atoms with Crippen molar-refractivity contribution < 1.29 is 19.1 Å². The van der Waals surface area contributed by atoms with Crippen molar-refractivity contribution in [1.82, 2.24) is 10.2 Å². The van der Waals surface area contributed by atoms with Gasteiger partial charge < -0.3 is 19.7 Å². The van der Waals surface area contributed by atoms with Gasteiger partial charge in [-0.3, -0.25) is 4.79 Å². The smallest absolute Gasteiger partial charge is 0.407 e. The Kier molecular flexibility index (Phi) is 7.13. The maximum atomic E-state index is 12.2. The van der Waals surface area contributed by atoms with E-state index in [1.165, 1.54) is 0 Å². The summed E-state index contributed by atoms with van der Waals surface area (Å²) >= 11 is 0. The molecule has 1 fully saturated rings. The van der Waals surface area contributed by atoms with Crippen LogP contribution in [-0.4, -0.2) is 54.8 Å². The van der Waals surface area contributed by atoms with Crippen molar-refractivity contribution in [3.05, 3.63) is 0 Å². The number of hydrogen-bond acceptors (Lipinski definition) is 4. The second kappa shape index (κ2) is 8.36. The van der Waals surface area contributed by atoms with Crippen molar-refractivity contribution in [3.63, 3.8) is 0 Å². The van der Waals surface area contributed by atoms with Gasteiger partial charge in [-0.05, 0) is 47.0 Å². The number of nitrogens with zero attached hydrogens (tertiary/aromatic N) is 1. The summed E-state index contributed by atoms with van der Waals surface area (Å²) < 4.78 is 10.8. The summed E-state index contributed by atoms with van der Waals surface area (Å²) in [6.07, 6.45) is 3.14. The third kappa shape index (κ3) is 7.64. The number of likely N-dealkylation sites (N-methyl/N-ethyl adjacent to an activating group) is 1. The van der Waals surface area contributed by atoms with Gasteiger partial charge in [0.2, 0.25) is 5.91 Å². The van der Waals surface area contributed by atoms with E-state index in [2.05, 4.69) is 5.32 Å². The van der Waals surface area contributed by atoms with Crippen LogP contribution < -0.4 is 5.32 Å². The van der Waals surface area contributed by atoms with Gasteiger partial charge in [-0.15, -0.1) is 0 Å². The van der Waals surface area contributed by atoms with Gasteiger partial charge in [0.15, 0.2) is 0 Å². The number of alkyl carbamates (subject to hydrolysis) is 1. The minimum atomic E-state index is -0.524. The maximum absolute atomic E-state index is 12.2. The summed E-state index contributed by atoms with van der Waals surface area (Å²) in [6.45, 7) is 8.50. The molecule has 0 saturated carbocycles. The van der Waals surface area contributed by atoms with E-state index in [4.69, 9.17) is 9.47 Å². The van der Waals surface area contributed by atoms with Crippen LogP contribution in [0.5, 0.6) is 0 Å². The molecule has 2 unspecified atom stereocenters. The van der Waals surface area contributed by atoms with Gasteiger partial charge in [-0.1, -0.05) is 0 Å². The molecular weight excluding hydrogens is 284 g/mol. The van der Waals surface area contributed by atoms with Crippen LogP contribution in [0.1, 0.15) is 53.4 Å². The highest BCUT2D eigenvalue weighted by Gasteiger charge is 2.22. The molecule has 1 aliphatic rings. The summed E-state index contributed by atoms with van der Waals surface area (Å²) in [5, 5.41) is 2.74. The predicted octanol–water partition coefficient (Wildman–Crippen LogP) is 2.32. The van der Waals surface area contributed by atoms with Crippen molar-refractivity contribution in [2.75, 3.05) is 20.2 Å². The number of amides is 2. The van der Waals surface area contributed by atoms with Gasteiger partial charge >= 0.3 is 6.09 Å². The minimum absolute atomic E-state index is 0.0396. The van der Waals surface area contributed by atoms with E-state index >= 15 is 0 Å². The molecule has 128 valence electrons. The minimum Gasteiger partial charge on any atom is -0.444 e. The fourth-order valence-electron chi connectivity index (χ4n) is 2.39. The number of carbonyl (C=O) groups is 2. The van der Waals surface area contributed by atoms with Crippen LogP contribution in [-0.2, 0) is 14.3 Å². The van der Waals surface area contributed by atoms with Crippen LogP contribution >= 0.6 is 0 Å². The van der Waals surface area contributed by atoms with E-state index in [1.807, 2.05) is 27.7 Å². The molecule has 1 saturated heterocycles. The summed E-state index contributed by atoms with van der Waals surface area (Å²) in [4.78, 5) is 25.5. The SMILES string of the molecule is CC(CN(C)C(=O)CC1CCCCO1)NC(=O)OC(C)(C)C. The zero-order valence-electron chi connectivity index (χ0n) is 14.5. The van der Waals surface area contributed by atoms with Gasteiger partial charge in [0.25, 0.3) is 0 Å². The molecule has 2 atom stereocenters. The zero-order chi connectivity index (χ0) is 16.8. The molecule has 22 heavy (non-hydrogen) atoms. The maximum Gasteiger partial charge on any atom is 0.407 e. The molecule has 0 aromatic carbocycles. The van der Waals surface area contributed by atoms with E-state index < -0.39 is 11.7 Å². The van der Waals surface area contributed by atoms with Crippen LogP contribution in [0.3, 0.4) is 0 Å². The first-order chi connectivity index (χ1) is 10.2. The first kappa shape index (κ1) is 18.7. The Hall–Kier alpha value is -1.30. The van der Waals surface area contributed by atoms with Gasteiger partial charge in [-0.25, -0.2) is 4.79 Å². The van der Waals surface area contributed by atoms with Gasteiger partial charge in [0.05, 0.1) is 12.5 Å². The first-order valence-electron chi connectivity index (χ1n) is 8.02. The van der Waals surface area contributed by atoms with E-state index in [9.17, 15) is 9.59 Å². The molecule has 0 radical (unpaired) electrons. The van der Waals surface area contributed by atoms with Crippen LogP contribution in [0.25, 0.3) is 0 Å². The van der Waals surface area contributed by atoms with Crippen molar-refractivity contribution in [2.45, 2.75) is 71.1 Å². The lowest BCUT2D eigenvalue weighted by atomic mass is 10.1. The first-order valence-corrected chi connectivity index (χ1v) is 8.02. The Morgan fingerprint density at radius 1 is 1.36 bits per heavy atom. The van der Waals surface area contributed by atoms with Gasteiger partial charge in [0.1, 0.15) is 5.60 Å². The molecule has 1 aliphatic heterocycles. The summed E-state index contributed by atoms with van der Waals surface area (Å²) in [5.41, 5.74) is -0.524. The third-order valence-electron chi connectivity index (χ3n) is 3.41. The molecular formula is C16H30N2O4. The monoisotopic (exact) mass is 314 g/mol. The normalized spacial score (nSPS) is 20.1. The lowest BCUT2D eigenvalue weighted by Crippen LogP contribution is -2.45. The highest BCUT2D eigenvalue weighted by Crippen LogP contribution is 2.16. The number of nitrogens with one attached hydrogen (secondary N) is 1. The topological polar surface area (TPSA) is 67.9 Å². The Bertz CT molecular complexity index is 373. The fourth-order valence-corrected chi connectivity index (χ4v) is 2.39. The number of hydrogen-bond donors (Lipinski definition) is 1. The Balaban J connectivity index is 2.31. The quantitative estimate of drug-likeness (QED) is 0.845. The van der Waals surface area contributed by atoms with Crippen LogP contribution in [0.2, 0.25) is 0 Å². The lowest BCUT2D eigenvalue weighted by molar-refractivity contribution is -0.134. The average molecular weight is 314 g/mol. The molecule has 1 N–H and O–H groups in total. The molecule has 6 heteroatoms. The predicted molar refractivity (Wildman–Crippen MR) is 84.7 cm³/mol. The number of rotatable bonds is 5. The van der Waals surface area contributed by atoms with E-state index in [0.717, 1.165) is 25.9 Å². The van der Waals surface area contributed by atoms with Crippen LogP contribution in [0.15, 0.2) is 0 Å². The van der Waals surface area contributed by atoms with Crippen molar-refractivity contribution in [2.24, 2.45) is 0 Å². The molecule has 0 bridgehead atoms. The largest absolute Gasteiger partial charge is 0.444 e. The molecule has 0 aliphatic carbocycles. The molecule has 2 amide bonds. The van der Waals surface area contributed by atoms with Gasteiger partial charge in [-0.2, -0.15) is 0 Å². The third-order valence-corrected chi connectivity index (χ3v) is 3.41. The Morgan fingerprint density at radius 3 is 2.59 bits per heavy atom. The molecule has 0 aromatic heterocycles. The number of carbonyl (C=O) groups excluding carboxylic acids is 2. The van der Waals surface area contributed by atoms with Crippen LogP contribution in [0.4, 0.5) is 4.79 Å². The second-order valence-electron chi connectivity index (χ2n) is 7.01. The van der Waals surface area contributed by atoms with Crippen molar-refractivity contribution >= 4 is 12.0 Å². The van der Waals surface area contributed by atoms with E-state index in [0.29, 0.717) is 13.0 Å². The molecule has 1 rings (SSSR count). The second-order valence-corrected chi connectivity index (χ2v) is 7.01.